The molecule has 2 aliphatic heterocycles. The van der Waals surface area contributed by atoms with Crippen molar-refractivity contribution in [3.63, 3.8) is 0 Å². The number of pyridine rings is 1. The zero-order valence-corrected chi connectivity index (χ0v) is 16.6. The predicted molar refractivity (Wildman–Crippen MR) is 114 cm³/mol. The Morgan fingerprint density at radius 1 is 1.13 bits per heavy atom. The van der Waals surface area contributed by atoms with Gasteiger partial charge < -0.3 is 4.74 Å². The first-order valence-electron chi connectivity index (χ1n) is 10.4. The summed E-state index contributed by atoms with van der Waals surface area (Å²) in [4.78, 5) is 19.0. The molecule has 2 unspecified atom stereocenters. The van der Waals surface area contributed by atoms with Crippen molar-refractivity contribution >= 4 is 22.6 Å². The van der Waals surface area contributed by atoms with Gasteiger partial charge in [-0.3, -0.25) is 9.88 Å². The van der Waals surface area contributed by atoms with E-state index in [0.29, 0.717) is 17.5 Å². The van der Waals surface area contributed by atoms with E-state index in [4.69, 9.17) is 4.74 Å². The van der Waals surface area contributed by atoms with Gasteiger partial charge in [-0.05, 0) is 49.0 Å². The average Bonchev–Trinajstić information content (AvgIpc) is 2.77. The van der Waals surface area contributed by atoms with E-state index in [2.05, 4.69) is 11.1 Å². The molecule has 1 amide bonds. The van der Waals surface area contributed by atoms with Crippen molar-refractivity contribution in [2.75, 3.05) is 0 Å². The molecular formula is C25H23FN2O2. The molecule has 0 saturated carbocycles. The smallest absolute Gasteiger partial charge is 0.410 e. The van der Waals surface area contributed by atoms with Gasteiger partial charge >= 0.3 is 6.09 Å². The van der Waals surface area contributed by atoms with E-state index in [1.165, 1.54) is 6.07 Å². The first-order valence-corrected chi connectivity index (χ1v) is 10.4. The summed E-state index contributed by atoms with van der Waals surface area (Å²) in [5.41, 5.74) is 3.21. The van der Waals surface area contributed by atoms with Crippen molar-refractivity contribution in [2.45, 2.75) is 44.4 Å². The van der Waals surface area contributed by atoms with Crippen molar-refractivity contribution < 1.29 is 13.9 Å². The standard InChI is InChI=1S/C25H23FN2O2/c26-23-15-24-18(8-5-11-27-24)14-22(23)19-12-20-9-4-10-21(13-19)28(20)25(29)30-16-17-6-2-1-3-7-17/h1-3,5-8,11-12,14-15,20-21H,4,9-10,13,16H2. The topological polar surface area (TPSA) is 42.4 Å². The molecule has 1 saturated heterocycles. The van der Waals surface area contributed by atoms with Gasteiger partial charge in [0.1, 0.15) is 12.4 Å². The van der Waals surface area contributed by atoms with Crippen LogP contribution in [-0.4, -0.2) is 28.1 Å². The summed E-state index contributed by atoms with van der Waals surface area (Å²) in [6.45, 7) is 0.262. The van der Waals surface area contributed by atoms with E-state index in [-0.39, 0.29) is 30.6 Å². The summed E-state index contributed by atoms with van der Waals surface area (Å²) in [6, 6.07) is 16.9. The molecule has 5 rings (SSSR count). The van der Waals surface area contributed by atoms with Crippen LogP contribution in [0.4, 0.5) is 9.18 Å². The number of rotatable bonds is 3. The fourth-order valence-electron chi connectivity index (χ4n) is 4.65. The highest BCUT2D eigenvalue weighted by atomic mass is 19.1. The van der Waals surface area contributed by atoms with Gasteiger partial charge in [-0.2, -0.15) is 0 Å². The highest BCUT2D eigenvalue weighted by Gasteiger charge is 2.38. The zero-order valence-electron chi connectivity index (χ0n) is 16.6. The summed E-state index contributed by atoms with van der Waals surface area (Å²) in [6.07, 6.45) is 6.92. The number of amides is 1. The van der Waals surface area contributed by atoms with Gasteiger partial charge in [-0.25, -0.2) is 9.18 Å². The van der Waals surface area contributed by atoms with E-state index in [1.807, 2.05) is 53.4 Å². The monoisotopic (exact) mass is 402 g/mol. The normalized spacial score (nSPS) is 20.7. The van der Waals surface area contributed by atoms with Crippen LogP contribution in [0.25, 0.3) is 16.5 Å². The molecule has 3 aromatic rings. The number of benzene rings is 2. The van der Waals surface area contributed by atoms with Crippen LogP contribution in [0.1, 0.15) is 36.8 Å². The highest BCUT2D eigenvalue weighted by molar-refractivity contribution is 5.84. The second-order valence-corrected chi connectivity index (χ2v) is 8.02. The van der Waals surface area contributed by atoms with Crippen molar-refractivity contribution in [2.24, 2.45) is 0 Å². The van der Waals surface area contributed by atoms with Crippen LogP contribution in [0.15, 0.2) is 66.9 Å². The molecule has 2 aromatic carbocycles. The van der Waals surface area contributed by atoms with E-state index in [0.717, 1.165) is 35.8 Å². The van der Waals surface area contributed by atoms with Crippen molar-refractivity contribution in [3.05, 3.63) is 83.8 Å². The Hall–Kier alpha value is -3.21. The lowest BCUT2D eigenvalue weighted by Gasteiger charge is -2.44. The summed E-state index contributed by atoms with van der Waals surface area (Å²) < 4.78 is 20.5. The molecule has 0 aliphatic carbocycles. The van der Waals surface area contributed by atoms with Crippen molar-refractivity contribution in [1.29, 1.82) is 0 Å². The molecule has 0 N–H and O–H groups in total. The molecule has 1 aromatic heterocycles. The maximum atomic E-state index is 14.9. The van der Waals surface area contributed by atoms with Crippen molar-refractivity contribution in [3.8, 4) is 0 Å². The number of ether oxygens (including phenoxy) is 1. The van der Waals surface area contributed by atoms with E-state index < -0.39 is 0 Å². The number of aromatic nitrogens is 1. The lowest BCUT2D eigenvalue weighted by Crippen LogP contribution is -2.51. The lowest BCUT2D eigenvalue weighted by molar-refractivity contribution is 0.0510. The number of fused-ring (bicyclic) bond motifs is 3. The van der Waals surface area contributed by atoms with Crippen LogP contribution in [0.3, 0.4) is 0 Å². The average molecular weight is 402 g/mol. The van der Waals surface area contributed by atoms with Crippen LogP contribution in [-0.2, 0) is 11.3 Å². The summed E-state index contributed by atoms with van der Waals surface area (Å²) >= 11 is 0. The van der Waals surface area contributed by atoms with E-state index in [1.54, 1.807) is 6.20 Å². The molecule has 30 heavy (non-hydrogen) atoms. The minimum Gasteiger partial charge on any atom is -0.445 e. The molecule has 3 heterocycles. The maximum Gasteiger partial charge on any atom is 0.410 e. The number of nitrogens with zero attached hydrogens (tertiary/aromatic N) is 2. The summed E-state index contributed by atoms with van der Waals surface area (Å²) in [5.74, 6) is -0.259. The third-order valence-electron chi connectivity index (χ3n) is 6.09. The second-order valence-electron chi connectivity index (χ2n) is 8.02. The molecule has 1 fully saturated rings. The lowest BCUT2D eigenvalue weighted by atomic mass is 9.82. The summed E-state index contributed by atoms with van der Waals surface area (Å²) in [7, 11) is 0. The van der Waals surface area contributed by atoms with Crippen LogP contribution in [0.5, 0.6) is 0 Å². The highest BCUT2D eigenvalue weighted by Crippen LogP contribution is 2.39. The molecule has 0 spiro atoms. The molecule has 2 aliphatic rings. The van der Waals surface area contributed by atoms with Crippen LogP contribution >= 0.6 is 0 Å². The largest absolute Gasteiger partial charge is 0.445 e. The van der Waals surface area contributed by atoms with Gasteiger partial charge in [0.15, 0.2) is 0 Å². The molecule has 2 atom stereocenters. The SMILES string of the molecule is O=C(OCc1ccccc1)N1C2C=C(c3cc4cccnc4cc3F)CC1CCC2. The number of halogens is 1. The third-order valence-corrected chi connectivity index (χ3v) is 6.09. The quantitative estimate of drug-likeness (QED) is 0.563. The molecule has 152 valence electrons. The van der Waals surface area contributed by atoms with Crippen molar-refractivity contribution in [1.82, 2.24) is 9.88 Å². The molecule has 2 bridgehead atoms. The minimum atomic E-state index is -0.285. The Morgan fingerprint density at radius 3 is 2.83 bits per heavy atom. The molecule has 5 heteroatoms. The Kier molecular flexibility index (Phi) is 4.95. The van der Waals surface area contributed by atoms with E-state index in [9.17, 15) is 9.18 Å². The second kappa shape index (κ2) is 7.90. The molecule has 4 nitrogen and oxygen atoms in total. The van der Waals surface area contributed by atoms with Gasteiger partial charge in [0, 0.05) is 29.3 Å². The number of piperidine rings is 1. The first kappa shape index (κ1) is 18.8. The predicted octanol–water partition coefficient (Wildman–Crippen LogP) is 5.72. The Morgan fingerprint density at radius 2 is 2.00 bits per heavy atom. The fourth-order valence-corrected chi connectivity index (χ4v) is 4.65. The van der Waals surface area contributed by atoms with Gasteiger partial charge in [0.25, 0.3) is 0 Å². The number of carbonyl (C=O) groups excluding carboxylic acids is 1. The zero-order chi connectivity index (χ0) is 20.5. The Bertz CT molecular complexity index is 1110. The van der Waals surface area contributed by atoms with Crippen LogP contribution in [0, 0.1) is 5.82 Å². The summed E-state index contributed by atoms with van der Waals surface area (Å²) in [5, 5.41) is 0.921. The van der Waals surface area contributed by atoms with Gasteiger partial charge in [0.2, 0.25) is 0 Å². The number of carbonyl (C=O) groups is 1. The van der Waals surface area contributed by atoms with Gasteiger partial charge in [-0.15, -0.1) is 0 Å². The van der Waals surface area contributed by atoms with E-state index >= 15 is 0 Å². The first-order chi connectivity index (χ1) is 14.7. The minimum absolute atomic E-state index is 0.0380. The molecule has 0 radical (unpaired) electrons. The third kappa shape index (κ3) is 3.56. The van der Waals surface area contributed by atoms with Crippen LogP contribution in [0.2, 0.25) is 0 Å². The maximum absolute atomic E-state index is 14.9. The fraction of sp³-hybridized carbons (Fsp3) is 0.280. The Balaban J connectivity index is 1.40. The van der Waals surface area contributed by atoms with Crippen LogP contribution < -0.4 is 0 Å². The van der Waals surface area contributed by atoms with Gasteiger partial charge in [-0.1, -0.05) is 42.5 Å². The Labute approximate surface area is 175 Å². The number of hydrogen-bond donors (Lipinski definition) is 0. The number of hydrogen-bond acceptors (Lipinski definition) is 3. The van der Waals surface area contributed by atoms with Gasteiger partial charge in [0.05, 0.1) is 11.6 Å². The molecular weight excluding hydrogens is 379 g/mol.